The third kappa shape index (κ3) is 3.41. The molecular weight excluding hydrogens is 389 g/mol. The van der Waals surface area contributed by atoms with Crippen LogP contribution in [0.15, 0.2) is 33.9 Å². The minimum atomic E-state index is -3.85. The fourth-order valence-corrected chi connectivity index (χ4v) is 3.50. The van der Waals surface area contributed by atoms with Crippen LogP contribution in [0.25, 0.3) is 0 Å². The lowest BCUT2D eigenvalue weighted by atomic mass is 10.3. The van der Waals surface area contributed by atoms with Gasteiger partial charge in [-0.15, -0.1) is 0 Å². The number of anilines is 1. The number of halogens is 3. The van der Waals surface area contributed by atoms with Gasteiger partial charge in [-0.25, -0.2) is 18.4 Å². The summed E-state index contributed by atoms with van der Waals surface area (Å²) in [6.45, 7) is 1.72. The molecule has 0 unspecified atom stereocenters. The molecule has 0 aliphatic heterocycles. The van der Waals surface area contributed by atoms with Gasteiger partial charge < -0.3 is 0 Å². The topological polar surface area (TPSA) is 72.0 Å². The first-order chi connectivity index (χ1) is 9.29. The number of nitrogens with zero attached hydrogens (tertiary/aromatic N) is 2. The van der Waals surface area contributed by atoms with Gasteiger partial charge in [-0.3, -0.25) is 4.72 Å². The summed E-state index contributed by atoms with van der Waals surface area (Å²) in [7, 11) is -3.85. The number of aromatic nitrogens is 2. The molecule has 0 fully saturated rings. The highest BCUT2D eigenvalue weighted by atomic mass is 79.9. The molecule has 0 saturated heterocycles. The molecule has 2 aromatic heterocycles. The number of nitrogens with one attached hydrogen (secondary N) is 1. The second-order valence-corrected chi connectivity index (χ2v) is 7.16. The minimum absolute atomic E-state index is 0.112. The quantitative estimate of drug-likeness (QED) is 0.803. The van der Waals surface area contributed by atoms with Gasteiger partial charge in [0.15, 0.2) is 0 Å². The van der Waals surface area contributed by atoms with Gasteiger partial charge in [-0.05, 0) is 40.5 Å². The molecule has 2 rings (SSSR count). The van der Waals surface area contributed by atoms with Crippen molar-refractivity contribution >= 4 is 54.8 Å². The zero-order valence-electron chi connectivity index (χ0n) is 10.1. The second kappa shape index (κ2) is 5.85. The smallest absolute Gasteiger partial charge is 0.265 e. The number of rotatable bonds is 3. The number of pyridine rings is 2. The summed E-state index contributed by atoms with van der Waals surface area (Å²) in [6.07, 6.45) is 2.74. The molecule has 0 bridgehead atoms. The molecule has 1 N–H and O–H groups in total. The highest BCUT2D eigenvalue weighted by molar-refractivity contribution is 9.10. The molecule has 0 radical (unpaired) electrons. The summed E-state index contributed by atoms with van der Waals surface area (Å²) in [4.78, 5) is 7.53. The number of hydrogen-bond donors (Lipinski definition) is 1. The van der Waals surface area contributed by atoms with Crippen LogP contribution in [-0.4, -0.2) is 18.4 Å². The molecule has 2 aromatic rings. The zero-order valence-corrected chi connectivity index (χ0v) is 14.0. The van der Waals surface area contributed by atoms with E-state index in [0.717, 1.165) is 0 Å². The van der Waals surface area contributed by atoms with Gasteiger partial charge in [0, 0.05) is 10.7 Å². The maximum absolute atomic E-state index is 12.3. The summed E-state index contributed by atoms with van der Waals surface area (Å²) >= 11 is 14.8. The van der Waals surface area contributed by atoms with E-state index in [1.807, 2.05) is 0 Å². The largest absolute Gasteiger partial charge is 0.278 e. The average molecular weight is 397 g/mol. The maximum atomic E-state index is 12.3. The van der Waals surface area contributed by atoms with Gasteiger partial charge in [0.1, 0.15) is 15.2 Å². The van der Waals surface area contributed by atoms with E-state index in [4.69, 9.17) is 23.2 Å². The Bertz CT molecular complexity index is 768. The Kier molecular flexibility index (Phi) is 4.53. The van der Waals surface area contributed by atoms with Gasteiger partial charge in [0.25, 0.3) is 10.0 Å². The number of sulfonamides is 1. The van der Waals surface area contributed by atoms with E-state index in [9.17, 15) is 8.42 Å². The molecule has 0 saturated carbocycles. The Morgan fingerprint density at radius 1 is 1.15 bits per heavy atom. The van der Waals surface area contributed by atoms with E-state index in [2.05, 4.69) is 30.6 Å². The van der Waals surface area contributed by atoms with Crippen LogP contribution in [0.3, 0.4) is 0 Å². The highest BCUT2D eigenvalue weighted by Gasteiger charge is 2.20. The van der Waals surface area contributed by atoms with Crippen LogP contribution in [0.4, 0.5) is 5.69 Å². The van der Waals surface area contributed by atoms with Gasteiger partial charge in [-0.2, -0.15) is 0 Å². The monoisotopic (exact) mass is 395 g/mol. The summed E-state index contributed by atoms with van der Waals surface area (Å²) in [5, 5.41) is 0.203. The Labute approximate surface area is 134 Å². The summed E-state index contributed by atoms with van der Waals surface area (Å²) in [5.41, 5.74) is 0.952. The van der Waals surface area contributed by atoms with Gasteiger partial charge in [0.2, 0.25) is 0 Å². The molecule has 0 spiro atoms. The third-order valence-corrected chi connectivity index (χ3v) is 4.97. The first-order valence-corrected chi connectivity index (χ1v) is 8.29. The van der Waals surface area contributed by atoms with Gasteiger partial charge in [0.05, 0.1) is 11.9 Å². The molecular formula is C11H8BrCl2N3O2S. The van der Waals surface area contributed by atoms with Crippen molar-refractivity contribution in [2.45, 2.75) is 11.8 Å². The lowest BCUT2D eigenvalue weighted by Crippen LogP contribution is -2.14. The van der Waals surface area contributed by atoms with Crippen LogP contribution in [0, 0.1) is 6.92 Å². The minimum Gasteiger partial charge on any atom is -0.278 e. The van der Waals surface area contributed by atoms with Crippen LogP contribution in [0.5, 0.6) is 0 Å². The fraction of sp³-hybridized carbons (Fsp3) is 0.0909. The Morgan fingerprint density at radius 3 is 2.45 bits per heavy atom. The van der Waals surface area contributed by atoms with Crippen molar-refractivity contribution in [2.24, 2.45) is 0 Å². The molecule has 106 valence electrons. The van der Waals surface area contributed by atoms with Crippen molar-refractivity contribution in [3.63, 3.8) is 0 Å². The van der Waals surface area contributed by atoms with Crippen LogP contribution < -0.4 is 4.72 Å². The molecule has 5 nitrogen and oxygen atoms in total. The van der Waals surface area contributed by atoms with E-state index in [1.54, 1.807) is 13.0 Å². The first-order valence-electron chi connectivity index (χ1n) is 5.25. The summed E-state index contributed by atoms with van der Waals surface area (Å²) in [6, 6.07) is 2.94. The van der Waals surface area contributed by atoms with E-state index in [-0.39, 0.29) is 10.0 Å². The third-order valence-electron chi connectivity index (χ3n) is 2.33. The normalized spacial score (nSPS) is 11.4. The highest BCUT2D eigenvalue weighted by Crippen LogP contribution is 2.25. The van der Waals surface area contributed by atoms with Crippen molar-refractivity contribution < 1.29 is 8.42 Å². The zero-order chi connectivity index (χ0) is 14.9. The van der Waals surface area contributed by atoms with Crippen molar-refractivity contribution in [1.82, 2.24) is 9.97 Å². The molecule has 9 heteroatoms. The van der Waals surface area contributed by atoms with Crippen LogP contribution in [0.2, 0.25) is 10.3 Å². The van der Waals surface area contributed by atoms with Crippen LogP contribution >= 0.6 is 39.1 Å². The SMILES string of the molecule is Cc1cc(NS(=O)(=O)c2cc(Br)cnc2Cl)cnc1Cl. The molecule has 0 aliphatic carbocycles. The van der Waals surface area contributed by atoms with Crippen LogP contribution in [0.1, 0.15) is 5.56 Å². The average Bonchev–Trinajstić information content (AvgIpc) is 2.36. The van der Waals surface area contributed by atoms with E-state index < -0.39 is 10.0 Å². The van der Waals surface area contributed by atoms with Crippen LogP contribution in [-0.2, 0) is 10.0 Å². The predicted molar refractivity (Wildman–Crippen MR) is 81.7 cm³/mol. The maximum Gasteiger partial charge on any atom is 0.265 e. The van der Waals surface area contributed by atoms with Gasteiger partial charge in [-0.1, -0.05) is 23.2 Å². The lowest BCUT2D eigenvalue weighted by molar-refractivity contribution is 0.601. The van der Waals surface area contributed by atoms with Crippen molar-refractivity contribution in [1.29, 1.82) is 0 Å². The fourth-order valence-electron chi connectivity index (χ4n) is 1.42. The molecule has 2 heterocycles. The van der Waals surface area contributed by atoms with E-state index >= 15 is 0 Å². The first kappa shape index (κ1) is 15.5. The number of aryl methyl sites for hydroxylation is 1. The van der Waals surface area contributed by atoms with Crippen molar-refractivity contribution in [3.8, 4) is 0 Å². The molecule has 0 aliphatic rings. The van der Waals surface area contributed by atoms with Crippen molar-refractivity contribution in [2.75, 3.05) is 4.72 Å². The Hall–Kier alpha value is -0.890. The van der Waals surface area contributed by atoms with Crippen molar-refractivity contribution in [3.05, 3.63) is 44.9 Å². The van der Waals surface area contributed by atoms with E-state index in [1.165, 1.54) is 18.5 Å². The van der Waals surface area contributed by atoms with E-state index in [0.29, 0.717) is 20.9 Å². The van der Waals surface area contributed by atoms with Gasteiger partial charge >= 0.3 is 0 Å². The Morgan fingerprint density at radius 2 is 1.80 bits per heavy atom. The number of hydrogen-bond acceptors (Lipinski definition) is 4. The molecule has 0 amide bonds. The predicted octanol–water partition coefficient (Wildman–Crippen LogP) is 3.66. The lowest BCUT2D eigenvalue weighted by Gasteiger charge is -2.10. The molecule has 0 aromatic carbocycles. The summed E-state index contributed by atoms with van der Waals surface area (Å²) in [5.74, 6) is 0. The standard InChI is InChI=1S/C11H8BrCl2N3O2S/c1-6-2-8(5-16-10(6)13)17-20(18,19)9-3-7(12)4-15-11(9)14/h2-5,17H,1H3. The molecule has 0 atom stereocenters. The summed E-state index contributed by atoms with van der Waals surface area (Å²) < 4.78 is 27.4. The Balaban J connectivity index is 2.40. The second-order valence-electron chi connectivity index (χ2n) is 3.88. The molecule has 20 heavy (non-hydrogen) atoms.